The second-order valence-corrected chi connectivity index (χ2v) is 5.66. The number of carbonyl (C=O) groups excluding carboxylic acids is 2. The molecule has 0 aliphatic heterocycles. The predicted octanol–water partition coefficient (Wildman–Crippen LogP) is 1.52. The van der Waals surface area contributed by atoms with Gasteiger partial charge in [-0.25, -0.2) is 8.78 Å². The normalized spacial score (nSPS) is 15.1. The summed E-state index contributed by atoms with van der Waals surface area (Å²) < 4.78 is 27.0. The SMILES string of the molecule is CC(=O)NC(CC(=O)N(CCO)C1CC1)c1ccc(F)cc1F. The second kappa shape index (κ2) is 7.50. The Morgan fingerprint density at radius 2 is 2.09 bits per heavy atom. The molecular weight excluding hydrogens is 306 g/mol. The molecule has 1 saturated carbocycles. The summed E-state index contributed by atoms with van der Waals surface area (Å²) in [4.78, 5) is 25.3. The minimum absolute atomic E-state index is 0.0645. The summed E-state index contributed by atoms with van der Waals surface area (Å²) in [6.07, 6.45) is 1.61. The van der Waals surface area contributed by atoms with Gasteiger partial charge in [0.05, 0.1) is 19.1 Å². The van der Waals surface area contributed by atoms with Gasteiger partial charge in [0.1, 0.15) is 11.6 Å². The molecule has 0 heterocycles. The van der Waals surface area contributed by atoms with Crippen molar-refractivity contribution in [3.05, 3.63) is 35.4 Å². The number of rotatable bonds is 7. The molecule has 5 nitrogen and oxygen atoms in total. The molecule has 1 atom stereocenters. The van der Waals surface area contributed by atoms with Crippen molar-refractivity contribution in [1.29, 1.82) is 0 Å². The number of nitrogens with one attached hydrogen (secondary N) is 1. The van der Waals surface area contributed by atoms with E-state index in [9.17, 15) is 18.4 Å². The summed E-state index contributed by atoms with van der Waals surface area (Å²) in [6.45, 7) is 1.32. The molecule has 0 saturated heterocycles. The van der Waals surface area contributed by atoms with Crippen LogP contribution in [-0.2, 0) is 9.59 Å². The maximum atomic E-state index is 14.0. The Kier molecular flexibility index (Phi) is 5.65. The van der Waals surface area contributed by atoms with Crippen molar-refractivity contribution in [3.8, 4) is 0 Å². The van der Waals surface area contributed by atoms with Crippen molar-refractivity contribution in [3.63, 3.8) is 0 Å². The zero-order chi connectivity index (χ0) is 17.0. The highest BCUT2D eigenvalue weighted by atomic mass is 19.1. The van der Waals surface area contributed by atoms with Gasteiger partial charge in [0.15, 0.2) is 0 Å². The summed E-state index contributed by atoms with van der Waals surface area (Å²) in [5.74, 6) is -2.22. The van der Waals surface area contributed by atoms with Gasteiger partial charge in [-0.1, -0.05) is 6.07 Å². The first-order valence-electron chi connectivity index (χ1n) is 7.54. The molecule has 1 aliphatic rings. The molecule has 7 heteroatoms. The third kappa shape index (κ3) is 4.72. The van der Waals surface area contributed by atoms with Crippen LogP contribution in [0.15, 0.2) is 18.2 Å². The van der Waals surface area contributed by atoms with Crippen LogP contribution in [0.1, 0.15) is 37.8 Å². The van der Waals surface area contributed by atoms with Crippen LogP contribution in [0.3, 0.4) is 0 Å². The van der Waals surface area contributed by atoms with Crippen molar-refractivity contribution in [2.24, 2.45) is 0 Å². The third-order valence-corrected chi connectivity index (χ3v) is 3.74. The Morgan fingerprint density at radius 1 is 1.39 bits per heavy atom. The molecule has 2 rings (SSSR count). The maximum Gasteiger partial charge on any atom is 0.225 e. The lowest BCUT2D eigenvalue weighted by molar-refractivity contribution is -0.133. The van der Waals surface area contributed by atoms with E-state index in [4.69, 9.17) is 5.11 Å². The van der Waals surface area contributed by atoms with Crippen LogP contribution in [-0.4, -0.2) is 41.0 Å². The van der Waals surface area contributed by atoms with E-state index < -0.39 is 23.6 Å². The molecule has 0 aromatic heterocycles. The van der Waals surface area contributed by atoms with Crippen LogP contribution >= 0.6 is 0 Å². The van der Waals surface area contributed by atoms with E-state index in [-0.39, 0.29) is 37.1 Å². The van der Waals surface area contributed by atoms with Gasteiger partial charge in [0, 0.05) is 31.1 Å². The molecule has 1 aromatic carbocycles. The maximum absolute atomic E-state index is 14.0. The lowest BCUT2D eigenvalue weighted by Gasteiger charge is -2.25. The number of aliphatic hydroxyl groups excluding tert-OH is 1. The molecule has 23 heavy (non-hydrogen) atoms. The van der Waals surface area contributed by atoms with E-state index in [1.165, 1.54) is 13.0 Å². The monoisotopic (exact) mass is 326 g/mol. The highest BCUT2D eigenvalue weighted by molar-refractivity contribution is 5.79. The summed E-state index contributed by atoms with van der Waals surface area (Å²) >= 11 is 0. The number of aliphatic hydroxyl groups is 1. The summed E-state index contributed by atoms with van der Waals surface area (Å²) in [7, 11) is 0. The predicted molar refractivity (Wildman–Crippen MR) is 79.4 cm³/mol. The fourth-order valence-corrected chi connectivity index (χ4v) is 2.56. The number of halogens is 2. The molecule has 0 bridgehead atoms. The zero-order valence-corrected chi connectivity index (χ0v) is 12.9. The fourth-order valence-electron chi connectivity index (χ4n) is 2.56. The molecule has 0 spiro atoms. The van der Waals surface area contributed by atoms with Crippen molar-refractivity contribution >= 4 is 11.8 Å². The van der Waals surface area contributed by atoms with Crippen molar-refractivity contribution in [2.75, 3.05) is 13.2 Å². The summed E-state index contributed by atoms with van der Waals surface area (Å²) in [6, 6.07) is 2.27. The molecule has 2 N–H and O–H groups in total. The molecule has 126 valence electrons. The topological polar surface area (TPSA) is 69.6 Å². The zero-order valence-electron chi connectivity index (χ0n) is 12.9. The number of carbonyl (C=O) groups is 2. The summed E-state index contributed by atoms with van der Waals surface area (Å²) in [5.41, 5.74) is 0.0645. The minimum Gasteiger partial charge on any atom is -0.395 e. The van der Waals surface area contributed by atoms with Gasteiger partial charge in [0.25, 0.3) is 0 Å². The van der Waals surface area contributed by atoms with E-state index in [1.54, 1.807) is 4.90 Å². The average molecular weight is 326 g/mol. The van der Waals surface area contributed by atoms with Gasteiger partial charge in [-0.05, 0) is 18.9 Å². The van der Waals surface area contributed by atoms with E-state index in [0.717, 1.165) is 25.0 Å². The first kappa shape index (κ1) is 17.3. The van der Waals surface area contributed by atoms with Gasteiger partial charge in [-0.2, -0.15) is 0 Å². The van der Waals surface area contributed by atoms with Crippen LogP contribution in [0.4, 0.5) is 8.78 Å². The van der Waals surface area contributed by atoms with Gasteiger partial charge in [0.2, 0.25) is 11.8 Å². The number of benzene rings is 1. The average Bonchev–Trinajstić information content (AvgIpc) is 3.28. The molecule has 1 aliphatic carbocycles. The van der Waals surface area contributed by atoms with E-state index >= 15 is 0 Å². The van der Waals surface area contributed by atoms with Crippen molar-refractivity contribution in [2.45, 2.75) is 38.3 Å². The highest BCUT2D eigenvalue weighted by Crippen LogP contribution is 2.29. The van der Waals surface area contributed by atoms with Crippen LogP contribution < -0.4 is 5.32 Å². The van der Waals surface area contributed by atoms with Gasteiger partial charge in [-0.15, -0.1) is 0 Å². The van der Waals surface area contributed by atoms with E-state index in [0.29, 0.717) is 0 Å². The lowest BCUT2D eigenvalue weighted by Crippen LogP contribution is -2.39. The molecular formula is C16H20F2N2O3. The van der Waals surface area contributed by atoms with Crippen LogP contribution in [0, 0.1) is 11.6 Å². The van der Waals surface area contributed by atoms with Gasteiger partial charge in [-0.3, -0.25) is 9.59 Å². The molecule has 1 unspecified atom stereocenters. The summed E-state index contributed by atoms with van der Waals surface area (Å²) in [5, 5.41) is 11.6. The number of amides is 2. The third-order valence-electron chi connectivity index (χ3n) is 3.74. The van der Waals surface area contributed by atoms with E-state index in [2.05, 4.69) is 5.32 Å². The fraction of sp³-hybridized carbons (Fsp3) is 0.500. The molecule has 1 aromatic rings. The van der Waals surface area contributed by atoms with Gasteiger partial charge < -0.3 is 15.3 Å². The van der Waals surface area contributed by atoms with Crippen molar-refractivity contribution < 1.29 is 23.5 Å². The second-order valence-electron chi connectivity index (χ2n) is 5.66. The lowest BCUT2D eigenvalue weighted by atomic mass is 10.0. The molecule has 2 amide bonds. The van der Waals surface area contributed by atoms with Gasteiger partial charge >= 0.3 is 0 Å². The molecule has 0 radical (unpaired) electrons. The minimum atomic E-state index is -0.874. The first-order chi connectivity index (χ1) is 10.9. The highest BCUT2D eigenvalue weighted by Gasteiger charge is 2.33. The number of nitrogens with zero attached hydrogens (tertiary/aromatic N) is 1. The molecule has 1 fully saturated rings. The Morgan fingerprint density at radius 3 is 2.61 bits per heavy atom. The Bertz CT molecular complexity index is 591. The van der Waals surface area contributed by atoms with Crippen LogP contribution in [0.5, 0.6) is 0 Å². The quantitative estimate of drug-likeness (QED) is 0.798. The smallest absolute Gasteiger partial charge is 0.225 e. The Labute approximate surface area is 133 Å². The van der Waals surface area contributed by atoms with Crippen LogP contribution in [0.25, 0.3) is 0 Å². The number of hydrogen-bond donors (Lipinski definition) is 2. The van der Waals surface area contributed by atoms with E-state index in [1.807, 2.05) is 0 Å². The number of hydrogen-bond acceptors (Lipinski definition) is 3. The Hall–Kier alpha value is -2.02. The standard InChI is InChI=1S/C16H20F2N2O3/c1-10(22)19-15(13-5-2-11(17)8-14(13)18)9-16(23)20(6-7-21)12-3-4-12/h2,5,8,12,15,21H,3-4,6-7,9H2,1H3,(H,19,22). The van der Waals surface area contributed by atoms with Crippen molar-refractivity contribution in [1.82, 2.24) is 10.2 Å². The van der Waals surface area contributed by atoms with Crippen LogP contribution in [0.2, 0.25) is 0 Å². The first-order valence-corrected chi connectivity index (χ1v) is 7.54. The largest absolute Gasteiger partial charge is 0.395 e. The Balaban J connectivity index is 2.17.